The summed E-state index contributed by atoms with van der Waals surface area (Å²) < 4.78 is 3.90. The predicted molar refractivity (Wildman–Crippen MR) is 131 cm³/mol. The van der Waals surface area contributed by atoms with Crippen molar-refractivity contribution in [3.63, 3.8) is 0 Å². The number of hydroxylamine groups is 1. The lowest BCUT2D eigenvalue weighted by Gasteiger charge is -2.43. The SMILES string of the molecule is CCO/N=C(\C(=O)NOC(=O)C1=C(C[n+]2ccn3cccc3c2)CS[C@H]2CC(=O)N12)c1csc(N)n1. The second-order valence-electron chi connectivity index (χ2n) is 7.87. The van der Waals surface area contributed by atoms with Gasteiger partial charge in [-0.05, 0) is 19.1 Å². The third kappa shape index (κ3) is 4.64. The van der Waals surface area contributed by atoms with Crippen molar-refractivity contribution in [3.8, 4) is 0 Å². The molecule has 5 rings (SSSR count). The molecule has 2 amide bonds. The van der Waals surface area contributed by atoms with Crippen LogP contribution in [0.1, 0.15) is 19.0 Å². The van der Waals surface area contributed by atoms with Gasteiger partial charge in [0, 0.05) is 22.9 Å². The molecule has 0 spiro atoms. The highest BCUT2D eigenvalue weighted by Crippen LogP contribution is 2.40. The van der Waals surface area contributed by atoms with E-state index in [-0.39, 0.29) is 40.1 Å². The second-order valence-corrected chi connectivity index (χ2v) is 9.93. The lowest BCUT2D eigenvalue weighted by Crippen LogP contribution is -2.55. The van der Waals surface area contributed by atoms with Crippen LogP contribution >= 0.6 is 23.1 Å². The molecule has 0 radical (unpaired) electrons. The van der Waals surface area contributed by atoms with E-state index in [2.05, 4.69) is 15.6 Å². The minimum atomic E-state index is -0.839. The van der Waals surface area contributed by atoms with Gasteiger partial charge in [0.2, 0.25) is 5.91 Å². The van der Waals surface area contributed by atoms with E-state index in [1.807, 2.05) is 45.9 Å². The van der Waals surface area contributed by atoms with Crippen LogP contribution in [0, 0.1) is 0 Å². The molecule has 0 unspecified atom stereocenters. The standard InChI is InChI=1S/C22H21N7O5S2/c1-2-33-25-18(15-12-36-22(23)24-15)20(31)26-34-21(32)19-13(11-35-17-8-16(30)29(17)19)9-27-6-7-28-5-3-4-14(28)10-27/h3-7,10,12,17H,2,8-9,11H2,1H3,(H2-,23,24,26,31)/p+1/b25-18-/t17-/m0/s1. The molecular weight excluding hydrogens is 506 g/mol. The number of fused-ring (bicyclic) bond motifs is 2. The fourth-order valence-corrected chi connectivity index (χ4v) is 5.65. The summed E-state index contributed by atoms with van der Waals surface area (Å²) >= 11 is 2.71. The lowest BCUT2D eigenvalue weighted by atomic mass is 10.1. The molecule has 2 aliphatic rings. The van der Waals surface area contributed by atoms with E-state index in [4.69, 9.17) is 15.4 Å². The largest absolute Gasteiger partial charge is 0.395 e. The minimum absolute atomic E-state index is 0.134. The molecule has 36 heavy (non-hydrogen) atoms. The highest BCUT2D eigenvalue weighted by molar-refractivity contribution is 8.00. The predicted octanol–water partition coefficient (Wildman–Crippen LogP) is 0.840. The van der Waals surface area contributed by atoms with Gasteiger partial charge >= 0.3 is 11.9 Å². The number of aromatic nitrogens is 3. The molecule has 2 aliphatic heterocycles. The molecule has 0 saturated carbocycles. The van der Waals surface area contributed by atoms with Gasteiger partial charge in [-0.2, -0.15) is 10.0 Å². The Morgan fingerprint density at radius 2 is 2.25 bits per heavy atom. The first-order chi connectivity index (χ1) is 17.4. The van der Waals surface area contributed by atoms with Gasteiger partial charge in [0.15, 0.2) is 29.8 Å². The van der Waals surface area contributed by atoms with Crippen LogP contribution < -0.4 is 15.8 Å². The smallest absolute Gasteiger partial charge is 0.379 e. The zero-order valence-electron chi connectivity index (χ0n) is 19.1. The Kier molecular flexibility index (Phi) is 6.61. The fraction of sp³-hybridized carbons (Fsp3) is 0.273. The number of thiazole rings is 1. The molecule has 1 fully saturated rings. The van der Waals surface area contributed by atoms with Crippen LogP contribution in [-0.4, -0.2) is 55.5 Å². The maximum atomic E-state index is 13.2. The number of oxime groups is 1. The summed E-state index contributed by atoms with van der Waals surface area (Å²) in [4.78, 5) is 53.9. The molecule has 1 atom stereocenters. The van der Waals surface area contributed by atoms with Gasteiger partial charge in [0.05, 0.1) is 18.0 Å². The molecule has 0 aliphatic carbocycles. The molecular formula is C22H22N7O5S2+. The van der Waals surface area contributed by atoms with E-state index in [1.165, 1.54) is 10.3 Å². The Morgan fingerprint density at radius 1 is 1.39 bits per heavy atom. The maximum absolute atomic E-state index is 13.2. The molecule has 5 heterocycles. The van der Waals surface area contributed by atoms with Crippen molar-refractivity contribution in [3.05, 3.63) is 59.3 Å². The van der Waals surface area contributed by atoms with E-state index in [0.29, 0.717) is 24.3 Å². The van der Waals surface area contributed by atoms with Gasteiger partial charge in [0.25, 0.3) is 0 Å². The Balaban J connectivity index is 1.37. The Morgan fingerprint density at radius 3 is 3.00 bits per heavy atom. The summed E-state index contributed by atoms with van der Waals surface area (Å²) in [6, 6.07) is 3.91. The summed E-state index contributed by atoms with van der Waals surface area (Å²) in [6.45, 7) is 2.30. The van der Waals surface area contributed by atoms with Crippen molar-refractivity contribution < 1.29 is 28.6 Å². The fourth-order valence-electron chi connectivity index (χ4n) is 3.85. The highest BCUT2D eigenvalue weighted by atomic mass is 32.2. The zero-order valence-corrected chi connectivity index (χ0v) is 20.8. The maximum Gasteiger partial charge on any atom is 0.379 e. The van der Waals surface area contributed by atoms with Crippen molar-refractivity contribution in [1.29, 1.82) is 0 Å². The first kappa shape index (κ1) is 23.8. The molecule has 0 aromatic carbocycles. The third-order valence-corrected chi connectivity index (χ3v) is 7.48. The van der Waals surface area contributed by atoms with Gasteiger partial charge in [-0.1, -0.05) is 5.16 Å². The van der Waals surface area contributed by atoms with Crippen LogP contribution in [0.4, 0.5) is 5.13 Å². The number of nitrogens with zero attached hydrogens (tertiary/aromatic N) is 5. The van der Waals surface area contributed by atoms with E-state index in [9.17, 15) is 14.4 Å². The molecule has 3 N–H and O–H groups in total. The number of amides is 2. The zero-order chi connectivity index (χ0) is 25.2. The van der Waals surface area contributed by atoms with Crippen LogP contribution in [-0.2, 0) is 30.6 Å². The molecule has 1 saturated heterocycles. The van der Waals surface area contributed by atoms with Gasteiger partial charge < -0.3 is 19.8 Å². The Labute approximate surface area is 213 Å². The lowest BCUT2D eigenvalue weighted by molar-refractivity contribution is -0.688. The minimum Gasteiger partial charge on any atom is -0.395 e. The summed E-state index contributed by atoms with van der Waals surface area (Å²) in [5.74, 6) is -1.31. The van der Waals surface area contributed by atoms with Gasteiger partial charge in [-0.3, -0.25) is 14.5 Å². The number of hydrogen-bond acceptors (Lipinski definition) is 10. The number of thioether (sulfide) groups is 1. The summed E-state index contributed by atoms with van der Waals surface area (Å²) in [7, 11) is 0. The number of rotatable bonds is 7. The summed E-state index contributed by atoms with van der Waals surface area (Å²) in [5.41, 5.74) is 9.59. The van der Waals surface area contributed by atoms with E-state index in [1.54, 1.807) is 18.7 Å². The number of carbonyl (C=O) groups is 3. The first-order valence-electron chi connectivity index (χ1n) is 11.0. The molecule has 12 nitrogen and oxygen atoms in total. The average molecular weight is 529 g/mol. The molecule has 3 aromatic rings. The third-order valence-electron chi connectivity index (χ3n) is 5.53. The van der Waals surface area contributed by atoms with Crippen molar-refractivity contribution in [2.45, 2.75) is 25.3 Å². The highest BCUT2D eigenvalue weighted by Gasteiger charge is 2.46. The number of nitrogens with two attached hydrogens (primary N) is 1. The van der Waals surface area contributed by atoms with Crippen LogP contribution in [0.3, 0.4) is 0 Å². The first-order valence-corrected chi connectivity index (χ1v) is 12.9. The second kappa shape index (κ2) is 9.99. The van der Waals surface area contributed by atoms with Crippen molar-refractivity contribution in [2.75, 3.05) is 18.1 Å². The number of carbonyl (C=O) groups excluding carboxylic acids is 3. The number of hydrogen-bond donors (Lipinski definition) is 2. The van der Waals surface area contributed by atoms with Gasteiger partial charge in [-0.15, -0.1) is 23.1 Å². The van der Waals surface area contributed by atoms with E-state index < -0.39 is 11.9 Å². The van der Waals surface area contributed by atoms with E-state index >= 15 is 0 Å². The topological polar surface area (TPSA) is 144 Å². The number of nitrogen functional groups attached to an aromatic ring is 1. The van der Waals surface area contributed by atoms with Crippen LogP contribution in [0.2, 0.25) is 0 Å². The number of β-lactam (4-membered cyclic amide) rings is 1. The number of nitrogens with one attached hydrogen (secondary N) is 1. The average Bonchev–Trinajstić information content (AvgIpc) is 3.51. The normalized spacial score (nSPS) is 17.6. The van der Waals surface area contributed by atoms with Crippen molar-refractivity contribution in [1.82, 2.24) is 19.8 Å². The summed E-state index contributed by atoms with van der Waals surface area (Å²) in [5, 5.41) is 5.42. The number of anilines is 1. The van der Waals surface area contributed by atoms with Crippen LogP contribution in [0.5, 0.6) is 0 Å². The Hall–Kier alpha value is -3.91. The Bertz CT molecular complexity index is 1410. The van der Waals surface area contributed by atoms with Crippen LogP contribution in [0.25, 0.3) is 5.52 Å². The quantitative estimate of drug-likeness (QED) is 0.199. The van der Waals surface area contributed by atoms with Crippen molar-refractivity contribution in [2.24, 2.45) is 5.16 Å². The summed E-state index contributed by atoms with van der Waals surface area (Å²) in [6.07, 6.45) is 8.03. The van der Waals surface area contributed by atoms with Gasteiger partial charge in [-0.25, -0.2) is 9.78 Å². The molecule has 0 bridgehead atoms. The molecule has 3 aromatic heterocycles. The van der Waals surface area contributed by atoms with Gasteiger partial charge in [0.1, 0.15) is 23.5 Å². The monoisotopic (exact) mass is 528 g/mol. The molecule has 14 heteroatoms. The molecule has 186 valence electrons. The van der Waals surface area contributed by atoms with Crippen LogP contribution in [0.15, 0.2) is 58.7 Å². The van der Waals surface area contributed by atoms with Crippen molar-refractivity contribution >= 4 is 57.2 Å². The van der Waals surface area contributed by atoms with E-state index in [0.717, 1.165) is 16.9 Å².